The first-order valence-electron chi connectivity index (χ1n) is 1.53. The van der Waals surface area contributed by atoms with Gasteiger partial charge in [0.2, 0.25) is 6.41 Å². The summed E-state index contributed by atoms with van der Waals surface area (Å²) in [6.45, 7) is 0. The van der Waals surface area contributed by atoms with E-state index in [0.717, 1.165) is 0 Å². The molecule has 0 aliphatic rings. The number of hydrogen-bond donors (Lipinski definition) is 4. The summed E-state index contributed by atoms with van der Waals surface area (Å²) in [6.07, 6.45) is 0.181. The molecule has 1 amide bonds. The Labute approximate surface area is 51.6 Å². The quantitative estimate of drug-likeness (QED) is 0.149. The molecule has 0 saturated carbocycles. The Morgan fingerprint density at radius 1 is 1.75 bits per heavy atom. The third-order valence-electron chi connectivity index (χ3n) is 0.0527. The Bertz CT molecular complexity index is 71.7. The molecule has 0 atom stereocenters. The van der Waals surface area contributed by atoms with Crippen LogP contribution in [-0.2, 0) is 4.79 Å². The van der Waals surface area contributed by atoms with Gasteiger partial charge < -0.3 is 11.5 Å². The van der Waals surface area contributed by atoms with Gasteiger partial charge in [0, 0.05) is 0 Å². The first kappa shape index (κ1) is 10.2. The number of amides is 1. The molecule has 0 radical (unpaired) electrons. The molecule has 0 spiro atoms. The van der Waals surface area contributed by atoms with E-state index in [1.807, 2.05) is 0 Å². The monoisotopic (exact) mass is 137 g/mol. The van der Waals surface area contributed by atoms with Crippen LogP contribution in [0.25, 0.3) is 0 Å². The smallest absolute Gasteiger partial charge is 0.230 e. The van der Waals surface area contributed by atoms with Crippen molar-refractivity contribution >= 4 is 23.7 Å². The van der Waals surface area contributed by atoms with E-state index >= 15 is 0 Å². The van der Waals surface area contributed by atoms with Crippen LogP contribution in [0.15, 0.2) is 0 Å². The van der Waals surface area contributed by atoms with E-state index in [2.05, 4.69) is 23.7 Å². The summed E-state index contributed by atoms with van der Waals surface area (Å²) < 4.78 is 0. The Morgan fingerprint density at radius 2 is 1.88 bits per heavy atom. The van der Waals surface area contributed by atoms with Crippen LogP contribution in [0.5, 0.6) is 0 Å². The molecule has 0 aromatic carbocycles. The normalized spacial score (nSPS) is 5.62. The van der Waals surface area contributed by atoms with Crippen molar-refractivity contribution in [3.05, 3.63) is 0 Å². The van der Waals surface area contributed by atoms with E-state index in [4.69, 9.17) is 10.0 Å². The fraction of sp³-hybridized carbons (Fsp3) is 0. The molecule has 0 rings (SSSR count). The van der Waals surface area contributed by atoms with Crippen LogP contribution in [0.3, 0.4) is 0 Å². The summed E-state index contributed by atoms with van der Waals surface area (Å²) in [6, 6.07) is 0. The lowest BCUT2D eigenvalue weighted by Crippen LogP contribution is -2.18. The van der Waals surface area contributed by atoms with Gasteiger partial charge in [0.05, 0.1) is 0 Å². The number of nitrogens with one attached hydrogen (secondary N) is 1. The average Bonchev–Trinajstić information content (AvgIpc) is 1.65. The van der Waals surface area contributed by atoms with Crippen LogP contribution in [0.1, 0.15) is 0 Å². The number of thiocarbonyl (C=S) groups is 1. The Morgan fingerprint density at radius 3 is 1.88 bits per heavy atom. The third kappa shape index (κ3) is 6040. The second-order valence-electron chi connectivity index (χ2n) is 0.649. The predicted molar refractivity (Wildman–Crippen MR) is 32.0 cm³/mol. The summed E-state index contributed by atoms with van der Waals surface area (Å²) in [7, 11) is 0. The third-order valence-corrected chi connectivity index (χ3v) is 0.0527. The summed E-state index contributed by atoms with van der Waals surface area (Å²) in [5.41, 5.74) is 10.5. The largest absolute Gasteiger partial charge is 0.377 e. The van der Waals surface area contributed by atoms with Crippen LogP contribution < -0.4 is 16.9 Å². The molecule has 0 saturated heterocycles. The van der Waals surface area contributed by atoms with Crippen LogP contribution in [0.2, 0.25) is 0 Å². The fourth-order valence-corrected chi connectivity index (χ4v) is 0. The summed E-state index contributed by atoms with van der Waals surface area (Å²) in [5.74, 6) is 0. The van der Waals surface area contributed by atoms with Crippen LogP contribution in [0.4, 0.5) is 0 Å². The molecule has 6 N–H and O–H groups in total. The molecule has 0 fully saturated rings. The Balaban J connectivity index is 0. The fourth-order valence-electron chi connectivity index (χ4n) is 0. The van der Waals surface area contributed by atoms with Crippen LogP contribution >= 0.6 is 12.2 Å². The molecule has 48 valence electrons. The maximum Gasteiger partial charge on any atom is 0.230 e. The van der Waals surface area contributed by atoms with Gasteiger partial charge in [0.15, 0.2) is 5.11 Å². The van der Waals surface area contributed by atoms with Crippen molar-refractivity contribution in [2.45, 2.75) is 0 Å². The number of rotatable bonds is 1. The van der Waals surface area contributed by atoms with Gasteiger partial charge in [-0.05, 0) is 12.2 Å². The van der Waals surface area contributed by atoms with E-state index in [1.54, 1.807) is 0 Å². The second-order valence-corrected chi connectivity index (χ2v) is 1.12. The highest BCUT2D eigenvalue weighted by atomic mass is 32.1. The molecular weight excluding hydrogens is 130 g/mol. The van der Waals surface area contributed by atoms with Gasteiger partial charge in [-0.3, -0.25) is 10.0 Å². The van der Waals surface area contributed by atoms with Crippen molar-refractivity contribution < 1.29 is 10.0 Å². The topological polar surface area (TPSA) is 101 Å². The van der Waals surface area contributed by atoms with Gasteiger partial charge >= 0.3 is 0 Å². The molecule has 0 aliphatic heterocycles. The molecule has 5 nitrogen and oxygen atoms in total. The molecular formula is C2H7N3O2S. The number of nitrogens with two attached hydrogens (primary N) is 2. The highest BCUT2D eigenvalue weighted by molar-refractivity contribution is 7.80. The summed E-state index contributed by atoms with van der Waals surface area (Å²) in [5, 5.41) is 7.26. The van der Waals surface area contributed by atoms with Gasteiger partial charge in [0.25, 0.3) is 0 Å². The summed E-state index contributed by atoms with van der Waals surface area (Å²) in [4.78, 5) is 8.81. The van der Waals surface area contributed by atoms with Gasteiger partial charge in [-0.2, -0.15) is 0 Å². The molecule has 0 bridgehead atoms. The standard InChI is InChI=1S/CH4N2S.CH3NO2/c2-1(3)4;3-1-2-4/h(H4,2,3,4);1,4H,(H,2,3). The predicted octanol–water partition coefficient (Wildman–Crippen LogP) is -1.69. The van der Waals surface area contributed by atoms with Crippen molar-refractivity contribution in [3.8, 4) is 0 Å². The highest BCUT2D eigenvalue weighted by Gasteiger charge is 1.53. The number of hydrogen-bond acceptors (Lipinski definition) is 3. The van der Waals surface area contributed by atoms with Crippen molar-refractivity contribution in [1.29, 1.82) is 0 Å². The minimum Gasteiger partial charge on any atom is -0.377 e. The van der Waals surface area contributed by atoms with E-state index in [-0.39, 0.29) is 11.5 Å². The second kappa shape index (κ2) is 9.45. The SMILES string of the molecule is NC(N)=S.O=CNO. The minimum atomic E-state index is 0.000000000000000222. The van der Waals surface area contributed by atoms with E-state index < -0.39 is 0 Å². The van der Waals surface area contributed by atoms with Crippen molar-refractivity contribution in [1.82, 2.24) is 5.48 Å². The van der Waals surface area contributed by atoms with Crippen molar-refractivity contribution in [2.75, 3.05) is 0 Å². The first-order valence-corrected chi connectivity index (χ1v) is 1.94. The van der Waals surface area contributed by atoms with Crippen molar-refractivity contribution in [3.63, 3.8) is 0 Å². The van der Waals surface area contributed by atoms with E-state index in [9.17, 15) is 0 Å². The lowest BCUT2D eigenvalue weighted by Gasteiger charge is -1.68. The number of hydroxylamine groups is 1. The molecule has 0 heterocycles. The van der Waals surface area contributed by atoms with E-state index in [0.29, 0.717) is 0 Å². The zero-order chi connectivity index (χ0) is 6.99. The maximum atomic E-state index is 8.81. The highest BCUT2D eigenvalue weighted by Crippen LogP contribution is 1.32. The number of carbonyl (C=O) groups is 1. The van der Waals surface area contributed by atoms with Crippen LogP contribution in [-0.4, -0.2) is 16.7 Å². The molecule has 6 heteroatoms. The Hall–Kier alpha value is -0.880. The van der Waals surface area contributed by atoms with Crippen LogP contribution in [0, 0.1) is 0 Å². The van der Waals surface area contributed by atoms with Gasteiger partial charge in [-0.15, -0.1) is 0 Å². The summed E-state index contributed by atoms with van der Waals surface area (Å²) >= 11 is 4.09. The number of carbonyl (C=O) groups excluding carboxylic acids is 1. The van der Waals surface area contributed by atoms with Crippen molar-refractivity contribution in [2.24, 2.45) is 11.5 Å². The maximum absolute atomic E-state index is 8.81. The lowest BCUT2D eigenvalue weighted by atomic mass is 11.3. The molecule has 0 unspecified atom stereocenters. The molecule has 8 heavy (non-hydrogen) atoms. The lowest BCUT2D eigenvalue weighted by molar-refractivity contribution is -0.116. The zero-order valence-electron chi connectivity index (χ0n) is 4.00. The van der Waals surface area contributed by atoms with Gasteiger partial charge in [-0.25, -0.2) is 5.48 Å². The minimum absolute atomic E-state index is 0.000000000000000222. The van der Waals surface area contributed by atoms with E-state index in [1.165, 1.54) is 5.48 Å². The zero-order valence-corrected chi connectivity index (χ0v) is 4.81. The first-order chi connectivity index (χ1) is 3.65. The van der Waals surface area contributed by atoms with Gasteiger partial charge in [-0.1, -0.05) is 0 Å². The molecule has 0 aromatic heterocycles. The molecule has 0 aromatic rings. The molecule has 0 aliphatic carbocycles. The Kier molecular flexibility index (Phi) is 12.0. The average molecular weight is 137 g/mol. The van der Waals surface area contributed by atoms with Gasteiger partial charge in [0.1, 0.15) is 0 Å².